The second-order valence-electron chi connectivity index (χ2n) is 5.22. The maximum absolute atomic E-state index is 13.0. The Balaban J connectivity index is 2.03. The van der Waals surface area contributed by atoms with Gasteiger partial charge in [0.25, 0.3) is 0 Å². The van der Waals surface area contributed by atoms with Crippen LogP contribution in [0.4, 0.5) is 4.39 Å². The van der Waals surface area contributed by atoms with Gasteiger partial charge >= 0.3 is 0 Å². The predicted octanol–water partition coefficient (Wildman–Crippen LogP) is 2.38. The number of nitrogens with one attached hydrogen (secondary N) is 1. The van der Waals surface area contributed by atoms with Crippen LogP contribution in [0.2, 0.25) is 0 Å². The fourth-order valence-electron chi connectivity index (χ4n) is 2.54. The quantitative estimate of drug-likeness (QED) is 0.901. The highest BCUT2D eigenvalue weighted by Gasteiger charge is 2.27. The van der Waals surface area contributed by atoms with Gasteiger partial charge in [-0.3, -0.25) is 0 Å². The first-order valence-electron chi connectivity index (χ1n) is 6.59. The van der Waals surface area contributed by atoms with Crippen LogP contribution in [0.3, 0.4) is 0 Å². The van der Waals surface area contributed by atoms with Gasteiger partial charge in [0.05, 0.1) is 6.04 Å². The van der Waals surface area contributed by atoms with Crippen LogP contribution in [0.1, 0.15) is 25.7 Å². The summed E-state index contributed by atoms with van der Waals surface area (Å²) in [5.74, 6) is 2.02. The van der Waals surface area contributed by atoms with Gasteiger partial charge in [0.2, 0.25) is 0 Å². The minimum absolute atomic E-state index is 0.232. The van der Waals surface area contributed by atoms with Crippen molar-refractivity contribution in [2.24, 2.45) is 5.92 Å². The monoisotopic (exact) mass is 260 g/mol. The molecule has 1 unspecified atom stereocenters. The molecule has 0 aliphatic carbocycles. The third kappa shape index (κ3) is 2.14. The molecule has 1 aromatic heterocycles. The normalized spacial score (nSPS) is 18.6. The van der Waals surface area contributed by atoms with Crippen molar-refractivity contribution in [3.8, 4) is 11.4 Å². The standard InChI is InChI=1S/C14H17FN4/c1-9(2)12-14-18-17-13(19(14)8-7-16-12)10-3-5-11(15)6-4-10/h3-6,9,12,16H,7-8H2,1-2H3. The Labute approximate surface area is 111 Å². The van der Waals surface area contributed by atoms with Crippen LogP contribution in [-0.4, -0.2) is 21.3 Å². The average Bonchev–Trinajstić information content (AvgIpc) is 2.83. The number of halogens is 1. The third-order valence-electron chi connectivity index (χ3n) is 3.53. The molecule has 0 fully saturated rings. The highest BCUT2D eigenvalue weighted by atomic mass is 19.1. The molecule has 0 amide bonds. The van der Waals surface area contributed by atoms with E-state index in [4.69, 9.17) is 0 Å². The summed E-state index contributed by atoms with van der Waals surface area (Å²) in [6, 6.07) is 6.64. The van der Waals surface area contributed by atoms with Gasteiger partial charge in [-0.15, -0.1) is 10.2 Å². The van der Waals surface area contributed by atoms with E-state index in [0.29, 0.717) is 5.92 Å². The Bertz CT molecular complexity index is 574. The van der Waals surface area contributed by atoms with E-state index in [9.17, 15) is 4.39 Å². The first-order chi connectivity index (χ1) is 9.16. The molecule has 19 heavy (non-hydrogen) atoms. The molecule has 1 atom stereocenters. The Hall–Kier alpha value is -1.75. The zero-order chi connectivity index (χ0) is 13.4. The molecular weight excluding hydrogens is 243 g/mol. The number of nitrogens with zero attached hydrogens (tertiary/aromatic N) is 3. The molecule has 1 aliphatic heterocycles. The predicted molar refractivity (Wildman–Crippen MR) is 71.0 cm³/mol. The number of aromatic nitrogens is 3. The van der Waals surface area contributed by atoms with Gasteiger partial charge < -0.3 is 9.88 Å². The zero-order valence-corrected chi connectivity index (χ0v) is 11.1. The van der Waals surface area contributed by atoms with Gasteiger partial charge in [0, 0.05) is 18.7 Å². The minimum atomic E-state index is -0.233. The summed E-state index contributed by atoms with van der Waals surface area (Å²) < 4.78 is 15.1. The molecule has 2 heterocycles. The molecule has 1 N–H and O–H groups in total. The zero-order valence-electron chi connectivity index (χ0n) is 11.1. The summed E-state index contributed by atoms with van der Waals surface area (Å²) in [5.41, 5.74) is 0.907. The van der Waals surface area contributed by atoms with E-state index in [1.54, 1.807) is 12.1 Å². The third-order valence-corrected chi connectivity index (χ3v) is 3.53. The second kappa shape index (κ2) is 4.74. The van der Waals surface area contributed by atoms with E-state index in [1.807, 2.05) is 0 Å². The summed E-state index contributed by atoms with van der Waals surface area (Å²) in [5, 5.41) is 12.1. The molecule has 0 saturated heterocycles. The number of rotatable bonds is 2. The molecule has 1 aromatic carbocycles. The van der Waals surface area contributed by atoms with Crippen LogP contribution in [-0.2, 0) is 6.54 Å². The first-order valence-corrected chi connectivity index (χ1v) is 6.59. The van der Waals surface area contributed by atoms with Crippen molar-refractivity contribution in [2.45, 2.75) is 26.4 Å². The van der Waals surface area contributed by atoms with Crippen molar-refractivity contribution in [3.05, 3.63) is 35.9 Å². The van der Waals surface area contributed by atoms with Gasteiger partial charge in [-0.2, -0.15) is 0 Å². The van der Waals surface area contributed by atoms with Gasteiger partial charge in [-0.25, -0.2) is 4.39 Å². The molecule has 100 valence electrons. The molecule has 0 saturated carbocycles. The Morgan fingerprint density at radius 1 is 1.26 bits per heavy atom. The summed E-state index contributed by atoms with van der Waals surface area (Å²) in [6.07, 6.45) is 0. The van der Waals surface area contributed by atoms with Crippen molar-refractivity contribution in [2.75, 3.05) is 6.54 Å². The molecule has 0 spiro atoms. The smallest absolute Gasteiger partial charge is 0.164 e. The number of benzene rings is 1. The summed E-state index contributed by atoms with van der Waals surface area (Å²) >= 11 is 0. The van der Waals surface area contributed by atoms with Gasteiger partial charge in [-0.1, -0.05) is 13.8 Å². The lowest BCUT2D eigenvalue weighted by atomic mass is 10.0. The van der Waals surface area contributed by atoms with Crippen LogP contribution in [0.25, 0.3) is 11.4 Å². The van der Waals surface area contributed by atoms with Crippen LogP contribution in [0.5, 0.6) is 0 Å². The average molecular weight is 260 g/mol. The van der Waals surface area contributed by atoms with Gasteiger partial charge in [0.1, 0.15) is 5.82 Å². The fraction of sp³-hybridized carbons (Fsp3) is 0.429. The van der Waals surface area contributed by atoms with Crippen molar-refractivity contribution in [1.82, 2.24) is 20.1 Å². The van der Waals surface area contributed by atoms with E-state index in [-0.39, 0.29) is 11.9 Å². The summed E-state index contributed by atoms with van der Waals surface area (Å²) in [4.78, 5) is 0. The molecule has 2 aromatic rings. The van der Waals surface area contributed by atoms with Crippen molar-refractivity contribution in [3.63, 3.8) is 0 Å². The van der Waals surface area contributed by atoms with Crippen LogP contribution < -0.4 is 5.32 Å². The Kier molecular flexibility index (Phi) is 3.06. The highest BCUT2D eigenvalue weighted by Crippen LogP contribution is 2.27. The van der Waals surface area contributed by atoms with Crippen LogP contribution in [0.15, 0.2) is 24.3 Å². The van der Waals surface area contributed by atoms with E-state index >= 15 is 0 Å². The molecule has 1 aliphatic rings. The minimum Gasteiger partial charge on any atom is -0.308 e. The van der Waals surface area contributed by atoms with E-state index in [2.05, 4.69) is 33.9 Å². The van der Waals surface area contributed by atoms with Crippen molar-refractivity contribution in [1.29, 1.82) is 0 Å². The van der Waals surface area contributed by atoms with Crippen molar-refractivity contribution < 1.29 is 4.39 Å². The van der Waals surface area contributed by atoms with Crippen molar-refractivity contribution >= 4 is 0 Å². The Morgan fingerprint density at radius 2 is 2.00 bits per heavy atom. The summed E-state index contributed by atoms with van der Waals surface area (Å²) in [6.45, 7) is 6.08. The van der Waals surface area contributed by atoms with E-state index in [1.165, 1.54) is 12.1 Å². The topological polar surface area (TPSA) is 42.7 Å². The Morgan fingerprint density at radius 3 is 2.68 bits per heavy atom. The molecule has 0 radical (unpaired) electrons. The molecule has 3 rings (SSSR count). The lowest BCUT2D eigenvalue weighted by Gasteiger charge is -2.27. The highest BCUT2D eigenvalue weighted by molar-refractivity contribution is 5.55. The largest absolute Gasteiger partial charge is 0.308 e. The lowest BCUT2D eigenvalue weighted by molar-refractivity contribution is 0.339. The molecule has 5 heteroatoms. The van der Waals surface area contributed by atoms with Crippen LogP contribution in [0, 0.1) is 11.7 Å². The molecular formula is C14H17FN4. The molecule has 0 bridgehead atoms. The number of hydrogen-bond acceptors (Lipinski definition) is 3. The second-order valence-corrected chi connectivity index (χ2v) is 5.22. The fourth-order valence-corrected chi connectivity index (χ4v) is 2.54. The number of fused-ring (bicyclic) bond motifs is 1. The van der Waals surface area contributed by atoms with Crippen LogP contribution >= 0.6 is 0 Å². The van der Waals surface area contributed by atoms with Gasteiger partial charge in [0.15, 0.2) is 11.6 Å². The maximum atomic E-state index is 13.0. The maximum Gasteiger partial charge on any atom is 0.164 e. The lowest BCUT2D eigenvalue weighted by Crippen LogP contribution is -2.36. The first kappa shape index (κ1) is 12.3. The van der Waals surface area contributed by atoms with E-state index in [0.717, 1.165) is 30.3 Å². The SMILES string of the molecule is CC(C)C1NCCn2c(-c3ccc(F)cc3)nnc21. The number of hydrogen-bond donors (Lipinski definition) is 1. The summed E-state index contributed by atoms with van der Waals surface area (Å²) in [7, 11) is 0. The molecule has 4 nitrogen and oxygen atoms in total. The van der Waals surface area contributed by atoms with Gasteiger partial charge in [-0.05, 0) is 30.2 Å². The van der Waals surface area contributed by atoms with E-state index < -0.39 is 0 Å².